The minimum absolute atomic E-state index is 0.0266. The SMILES string of the molecule is Cc1nc2ccccc2c(=O)n1N1CC1(C)C. The van der Waals surface area contributed by atoms with Crippen LogP contribution in [0.4, 0.5) is 0 Å². The molecule has 17 heavy (non-hydrogen) atoms. The molecule has 4 heteroatoms. The maximum Gasteiger partial charge on any atom is 0.280 e. The zero-order valence-electron chi connectivity index (χ0n) is 10.3. The standard InChI is InChI=1S/C13H15N3O/c1-9-14-11-7-5-4-6-10(11)12(17)16(9)15-8-13(15,2)3/h4-7H,8H2,1-3H3. The number of fused-ring (bicyclic) bond motifs is 1. The lowest BCUT2D eigenvalue weighted by Gasteiger charge is -2.15. The van der Waals surface area contributed by atoms with Gasteiger partial charge in [-0.1, -0.05) is 12.1 Å². The third-order valence-corrected chi connectivity index (χ3v) is 3.29. The summed E-state index contributed by atoms with van der Waals surface area (Å²) in [7, 11) is 0. The molecular weight excluding hydrogens is 214 g/mol. The summed E-state index contributed by atoms with van der Waals surface area (Å²) in [6.45, 7) is 7.01. The Bertz CT molecular complexity index is 657. The first-order valence-corrected chi connectivity index (χ1v) is 5.77. The zero-order valence-corrected chi connectivity index (χ0v) is 10.3. The van der Waals surface area contributed by atoms with Crippen molar-refractivity contribution >= 4 is 10.9 Å². The number of hydrogen-bond acceptors (Lipinski definition) is 3. The molecule has 0 N–H and O–H groups in total. The Labute approximate surface area is 99.5 Å². The van der Waals surface area contributed by atoms with E-state index in [0.29, 0.717) is 5.39 Å². The molecule has 0 atom stereocenters. The molecule has 0 unspecified atom stereocenters. The monoisotopic (exact) mass is 229 g/mol. The van der Waals surface area contributed by atoms with Crippen LogP contribution < -0.4 is 10.6 Å². The van der Waals surface area contributed by atoms with E-state index in [1.165, 1.54) is 0 Å². The highest BCUT2D eigenvalue weighted by Gasteiger charge is 2.45. The first-order valence-electron chi connectivity index (χ1n) is 5.77. The van der Waals surface area contributed by atoms with Crippen LogP contribution in [0.2, 0.25) is 0 Å². The lowest BCUT2D eigenvalue weighted by molar-refractivity contribution is 0.650. The van der Waals surface area contributed by atoms with Gasteiger partial charge in [-0.15, -0.1) is 0 Å². The first-order chi connectivity index (χ1) is 8.00. The summed E-state index contributed by atoms with van der Waals surface area (Å²) in [6, 6.07) is 7.48. The summed E-state index contributed by atoms with van der Waals surface area (Å²) in [5.41, 5.74) is 0.864. The van der Waals surface area contributed by atoms with Gasteiger partial charge in [0.05, 0.1) is 23.0 Å². The minimum Gasteiger partial charge on any atom is -0.299 e. The van der Waals surface area contributed by atoms with Crippen LogP contribution >= 0.6 is 0 Å². The van der Waals surface area contributed by atoms with Crippen molar-refractivity contribution in [2.75, 3.05) is 11.6 Å². The number of rotatable bonds is 1. The predicted octanol–water partition coefficient (Wildman–Crippen LogP) is 1.44. The number of aryl methyl sites for hydroxylation is 1. The van der Waals surface area contributed by atoms with Crippen LogP contribution in [0.15, 0.2) is 29.1 Å². The van der Waals surface area contributed by atoms with Crippen molar-refractivity contribution in [3.8, 4) is 0 Å². The van der Waals surface area contributed by atoms with Gasteiger partial charge in [0.25, 0.3) is 5.56 Å². The third-order valence-electron chi connectivity index (χ3n) is 3.29. The second kappa shape index (κ2) is 3.09. The van der Waals surface area contributed by atoms with E-state index in [-0.39, 0.29) is 11.1 Å². The number of aromatic nitrogens is 2. The average Bonchev–Trinajstić information content (AvgIpc) is 2.87. The molecule has 1 aromatic heterocycles. The van der Waals surface area contributed by atoms with Gasteiger partial charge in [0.2, 0.25) is 0 Å². The van der Waals surface area contributed by atoms with Gasteiger partial charge in [-0.3, -0.25) is 9.80 Å². The fraction of sp³-hybridized carbons (Fsp3) is 0.385. The molecule has 2 aromatic rings. The van der Waals surface area contributed by atoms with Crippen LogP contribution in [0.1, 0.15) is 19.7 Å². The number of benzene rings is 1. The lowest BCUT2D eigenvalue weighted by atomic mass is 10.2. The molecule has 1 saturated heterocycles. The van der Waals surface area contributed by atoms with Crippen LogP contribution in [0.5, 0.6) is 0 Å². The molecule has 1 aliphatic heterocycles. The van der Waals surface area contributed by atoms with E-state index in [9.17, 15) is 4.79 Å². The Balaban J connectivity index is 2.30. The van der Waals surface area contributed by atoms with Gasteiger partial charge in [0.15, 0.2) is 0 Å². The highest BCUT2D eigenvalue weighted by Crippen LogP contribution is 2.28. The van der Waals surface area contributed by atoms with Crippen molar-refractivity contribution in [1.82, 2.24) is 9.66 Å². The Morgan fingerprint density at radius 1 is 1.29 bits per heavy atom. The molecule has 3 rings (SSSR count). The largest absolute Gasteiger partial charge is 0.299 e. The van der Waals surface area contributed by atoms with E-state index in [2.05, 4.69) is 18.8 Å². The minimum atomic E-state index is 0.0266. The quantitative estimate of drug-likeness (QED) is 0.694. The molecule has 0 aliphatic carbocycles. The summed E-state index contributed by atoms with van der Waals surface area (Å²) in [5, 5.41) is 2.73. The summed E-state index contributed by atoms with van der Waals surface area (Å²) in [6.07, 6.45) is 0. The fourth-order valence-corrected chi connectivity index (χ4v) is 2.19. The van der Waals surface area contributed by atoms with Crippen LogP contribution in [0, 0.1) is 6.92 Å². The number of hydrogen-bond donors (Lipinski definition) is 0. The topological polar surface area (TPSA) is 37.9 Å². The second-order valence-electron chi connectivity index (χ2n) is 5.16. The van der Waals surface area contributed by atoms with Gasteiger partial charge < -0.3 is 0 Å². The summed E-state index contributed by atoms with van der Waals surface area (Å²) in [5.74, 6) is 0.749. The molecule has 2 heterocycles. The Morgan fingerprint density at radius 3 is 2.59 bits per heavy atom. The van der Waals surface area contributed by atoms with Crippen LogP contribution in [-0.2, 0) is 0 Å². The van der Waals surface area contributed by atoms with E-state index in [4.69, 9.17) is 0 Å². The molecule has 0 radical (unpaired) electrons. The van der Waals surface area contributed by atoms with Crippen molar-refractivity contribution < 1.29 is 0 Å². The molecular formula is C13H15N3O. The maximum absolute atomic E-state index is 12.4. The average molecular weight is 229 g/mol. The van der Waals surface area contributed by atoms with Gasteiger partial charge in [0, 0.05) is 0 Å². The van der Waals surface area contributed by atoms with E-state index >= 15 is 0 Å². The van der Waals surface area contributed by atoms with Crippen molar-refractivity contribution in [2.24, 2.45) is 0 Å². The highest BCUT2D eigenvalue weighted by atomic mass is 16.1. The molecule has 1 aliphatic rings. The molecule has 0 bridgehead atoms. The number of nitrogens with zero attached hydrogens (tertiary/aromatic N) is 3. The summed E-state index contributed by atoms with van der Waals surface area (Å²) >= 11 is 0. The molecule has 0 amide bonds. The van der Waals surface area contributed by atoms with Gasteiger partial charge in [-0.25, -0.2) is 9.66 Å². The smallest absolute Gasteiger partial charge is 0.280 e. The molecule has 0 saturated carbocycles. The van der Waals surface area contributed by atoms with E-state index in [1.807, 2.05) is 36.2 Å². The van der Waals surface area contributed by atoms with Crippen molar-refractivity contribution in [3.63, 3.8) is 0 Å². The Morgan fingerprint density at radius 2 is 1.94 bits per heavy atom. The van der Waals surface area contributed by atoms with E-state index < -0.39 is 0 Å². The van der Waals surface area contributed by atoms with Crippen LogP contribution in [0.25, 0.3) is 10.9 Å². The fourth-order valence-electron chi connectivity index (χ4n) is 2.19. The van der Waals surface area contributed by atoms with Crippen molar-refractivity contribution in [3.05, 3.63) is 40.4 Å². The first kappa shape index (κ1) is 10.3. The van der Waals surface area contributed by atoms with Crippen molar-refractivity contribution in [2.45, 2.75) is 26.3 Å². The van der Waals surface area contributed by atoms with Crippen molar-refractivity contribution in [1.29, 1.82) is 0 Å². The lowest BCUT2D eigenvalue weighted by Crippen LogP contribution is -2.34. The molecule has 88 valence electrons. The Hall–Kier alpha value is -1.84. The van der Waals surface area contributed by atoms with Gasteiger partial charge >= 0.3 is 0 Å². The Kier molecular flexibility index (Phi) is 1.88. The van der Waals surface area contributed by atoms with Gasteiger partial charge in [0.1, 0.15) is 5.82 Å². The van der Waals surface area contributed by atoms with E-state index in [1.54, 1.807) is 4.68 Å². The summed E-state index contributed by atoms with van der Waals surface area (Å²) < 4.78 is 1.70. The predicted molar refractivity (Wildman–Crippen MR) is 67.9 cm³/mol. The van der Waals surface area contributed by atoms with Crippen LogP contribution in [-0.4, -0.2) is 21.7 Å². The zero-order chi connectivity index (χ0) is 12.2. The number of para-hydroxylation sites is 1. The van der Waals surface area contributed by atoms with Gasteiger partial charge in [-0.2, -0.15) is 0 Å². The van der Waals surface area contributed by atoms with Crippen LogP contribution in [0.3, 0.4) is 0 Å². The van der Waals surface area contributed by atoms with E-state index in [0.717, 1.165) is 17.9 Å². The maximum atomic E-state index is 12.4. The molecule has 0 spiro atoms. The normalized spacial score (nSPS) is 17.5. The molecule has 4 nitrogen and oxygen atoms in total. The van der Waals surface area contributed by atoms with Gasteiger partial charge in [-0.05, 0) is 32.9 Å². The third kappa shape index (κ3) is 1.44. The molecule has 1 aromatic carbocycles. The second-order valence-corrected chi connectivity index (χ2v) is 5.16. The highest BCUT2D eigenvalue weighted by molar-refractivity contribution is 5.77. The molecule has 1 fully saturated rings. The summed E-state index contributed by atoms with van der Waals surface area (Å²) in [4.78, 5) is 16.9.